The highest BCUT2D eigenvalue weighted by Crippen LogP contribution is 2.27. The molecule has 2 N–H and O–H groups in total. The van der Waals surface area contributed by atoms with Crippen molar-refractivity contribution in [2.24, 2.45) is 0 Å². The molecule has 0 spiro atoms. The Bertz CT molecular complexity index is 512. The van der Waals surface area contributed by atoms with Gasteiger partial charge in [0.2, 0.25) is 0 Å². The molecule has 23 heavy (non-hydrogen) atoms. The Balaban J connectivity index is 2.40. The number of carbonyl (C=O) groups is 1. The predicted molar refractivity (Wildman–Crippen MR) is 90.1 cm³/mol. The largest absolute Gasteiger partial charge is 0.493 e. The minimum atomic E-state index is -0.489. The van der Waals surface area contributed by atoms with E-state index in [0.717, 1.165) is 5.56 Å². The fourth-order valence-electron chi connectivity index (χ4n) is 1.98. The molecule has 0 bridgehead atoms. The second kappa shape index (κ2) is 8.62. The van der Waals surface area contributed by atoms with Crippen molar-refractivity contribution in [1.29, 1.82) is 0 Å². The predicted octanol–water partition coefficient (Wildman–Crippen LogP) is 2.71. The minimum absolute atomic E-state index is 0.0370. The van der Waals surface area contributed by atoms with Crippen molar-refractivity contribution in [2.45, 2.75) is 45.9 Å². The number of nitrogens with one attached hydrogen (secondary N) is 2. The zero-order valence-electron chi connectivity index (χ0n) is 14.9. The average molecular weight is 324 g/mol. The van der Waals surface area contributed by atoms with Crippen molar-refractivity contribution >= 4 is 6.09 Å². The van der Waals surface area contributed by atoms with Gasteiger partial charge in [0, 0.05) is 19.1 Å². The second-order valence-electron chi connectivity index (χ2n) is 6.37. The molecule has 6 nitrogen and oxygen atoms in total. The summed E-state index contributed by atoms with van der Waals surface area (Å²) >= 11 is 0. The van der Waals surface area contributed by atoms with Gasteiger partial charge in [-0.15, -0.1) is 0 Å². The number of amides is 1. The lowest BCUT2D eigenvalue weighted by molar-refractivity contribution is 0.0508. The molecular formula is C17H28N2O4. The highest BCUT2D eigenvalue weighted by molar-refractivity contribution is 5.68. The molecule has 0 saturated heterocycles. The van der Waals surface area contributed by atoms with Crippen LogP contribution in [0.2, 0.25) is 0 Å². The van der Waals surface area contributed by atoms with Crippen LogP contribution in [0.5, 0.6) is 11.5 Å². The Labute approximate surface area is 138 Å². The molecule has 0 heterocycles. The Morgan fingerprint density at radius 1 is 1.17 bits per heavy atom. The summed E-state index contributed by atoms with van der Waals surface area (Å²) in [4.78, 5) is 11.7. The van der Waals surface area contributed by atoms with Gasteiger partial charge in [0.25, 0.3) is 0 Å². The molecule has 1 aromatic carbocycles. The first-order chi connectivity index (χ1) is 10.7. The maximum Gasteiger partial charge on any atom is 0.407 e. The summed E-state index contributed by atoms with van der Waals surface area (Å²) in [6.07, 6.45) is -0.405. The van der Waals surface area contributed by atoms with E-state index in [1.54, 1.807) is 14.2 Å². The van der Waals surface area contributed by atoms with Crippen LogP contribution in [-0.4, -0.2) is 38.5 Å². The van der Waals surface area contributed by atoms with Gasteiger partial charge >= 0.3 is 6.09 Å². The van der Waals surface area contributed by atoms with Gasteiger partial charge in [-0.1, -0.05) is 6.07 Å². The summed E-state index contributed by atoms with van der Waals surface area (Å²) < 4.78 is 15.7. The van der Waals surface area contributed by atoms with Crippen LogP contribution in [0.1, 0.15) is 33.3 Å². The standard InChI is InChI=1S/C17H28N2O4/c1-12(19-16(20)23-17(2,3)4)10-18-11-13-7-8-14(21-5)15(9-13)22-6/h7-9,12,18H,10-11H2,1-6H3,(H,19,20). The molecule has 0 fully saturated rings. The third-order valence-corrected chi connectivity index (χ3v) is 2.99. The normalized spacial score (nSPS) is 12.4. The molecular weight excluding hydrogens is 296 g/mol. The molecule has 0 aliphatic carbocycles. The smallest absolute Gasteiger partial charge is 0.407 e. The SMILES string of the molecule is COc1ccc(CNCC(C)NC(=O)OC(C)(C)C)cc1OC. The van der Waals surface area contributed by atoms with Crippen LogP contribution in [0.4, 0.5) is 4.79 Å². The molecule has 0 aliphatic rings. The summed E-state index contributed by atoms with van der Waals surface area (Å²) in [6, 6.07) is 5.74. The molecule has 1 unspecified atom stereocenters. The fraction of sp³-hybridized carbons (Fsp3) is 0.588. The molecule has 0 radical (unpaired) electrons. The van der Waals surface area contributed by atoms with Crippen molar-refractivity contribution in [3.05, 3.63) is 23.8 Å². The molecule has 0 aliphatic heterocycles. The first-order valence-corrected chi connectivity index (χ1v) is 7.66. The molecule has 1 amide bonds. The van der Waals surface area contributed by atoms with Gasteiger partial charge in [-0.3, -0.25) is 0 Å². The molecule has 1 atom stereocenters. The zero-order chi connectivity index (χ0) is 17.5. The number of benzene rings is 1. The summed E-state index contributed by atoms with van der Waals surface area (Å²) in [7, 11) is 3.22. The van der Waals surface area contributed by atoms with E-state index in [0.29, 0.717) is 24.6 Å². The summed E-state index contributed by atoms with van der Waals surface area (Å²) in [5.41, 5.74) is 0.587. The fourth-order valence-corrected chi connectivity index (χ4v) is 1.98. The Morgan fingerprint density at radius 2 is 1.83 bits per heavy atom. The maximum absolute atomic E-state index is 11.7. The highest BCUT2D eigenvalue weighted by atomic mass is 16.6. The lowest BCUT2D eigenvalue weighted by Gasteiger charge is -2.22. The molecule has 6 heteroatoms. The third kappa shape index (κ3) is 7.23. The summed E-state index contributed by atoms with van der Waals surface area (Å²) in [5.74, 6) is 1.41. The van der Waals surface area contributed by atoms with E-state index in [-0.39, 0.29) is 6.04 Å². The van der Waals surface area contributed by atoms with Gasteiger partial charge < -0.3 is 24.8 Å². The first-order valence-electron chi connectivity index (χ1n) is 7.66. The summed E-state index contributed by atoms with van der Waals surface area (Å²) in [6.45, 7) is 8.74. The van der Waals surface area contributed by atoms with Crippen LogP contribution in [-0.2, 0) is 11.3 Å². The van der Waals surface area contributed by atoms with E-state index >= 15 is 0 Å². The Kier molecular flexibility index (Phi) is 7.16. The zero-order valence-corrected chi connectivity index (χ0v) is 14.9. The highest BCUT2D eigenvalue weighted by Gasteiger charge is 2.17. The Hall–Kier alpha value is -1.95. The number of alkyl carbamates (subject to hydrolysis) is 1. The number of methoxy groups -OCH3 is 2. The number of carbonyl (C=O) groups excluding carboxylic acids is 1. The quantitative estimate of drug-likeness (QED) is 0.807. The van der Waals surface area contributed by atoms with Crippen LogP contribution in [0.15, 0.2) is 18.2 Å². The van der Waals surface area contributed by atoms with Crippen LogP contribution in [0.3, 0.4) is 0 Å². The first kappa shape index (κ1) is 19.1. The minimum Gasteiger partial charge on any atom is -0.493 e. The third-order valence-electron chi connectivity index (χ3n) is 2.99. The van der Waals surface area contributed by atoms with Gasteiger partial charge in [-0.25, -0.2) is 4.79 Å². The van der Waals surface area contributed by atoms with Gasteiger partial charge in [0.1, 0.15) is 5.60 Å². The number of hydrogen-bond donors (Lipinski definition) is 2. The second-order valence-corrected chi connectivity index (χ2v) is 6.37. The lowest BCUT2D eigenvalue weighted by Crippen LogP contribution is -2.42. The topological polar surface area (TPSA) is 68.8 Å². The van der Waals surface area contributed by atoms with E-state index in [4.69, 9.17) is 14.2 Å². The maximum atomic E-state index is 11.7. The lowest BCUT2D eigenvalue weighted by atomic mass is 10.2. The van der Waals surface area contributed by atoms with Crippen molar-refractivity contribution in [3.8, 4) is 11.5 Å². The molecule has 130 valence electrons. The van der Waals surface area contributed by atoms with E-state index < -0.39 is 11.7 Å². The van der Waals surface area contributed by atoms with E-state index in [1.165, 1.54) is 0 Å². The van der Waals surface area contributed by atoms with Crippen LogP contribution in [0.25, 0.3) is 0 Å². The number of hydrogen-bond acceptors (Lipinski definition) is 5. The van der Waals surface area contributed by atoms with Crippen LogP contribution >= 0.6 is 0 Å². The molecule has 1 aromatic rings. The number of ether oxygens (including phenoxy) is 3. The van der Waals surface area contributed by atoms with Crippen LogP contribution in [0, 0.1) is 0 Å². The van der Waals surface area contributed by atoms with Crippen molar-refractivity contribution in [1.82, 2.24) is 10.6 Å². The molecule has 1 rings (SSSR count). The van der Waals surface area contributed by atoms with Crippen LogP contribution < -0.4 is 20.1 Å². The average Bonchev–Trinajstić information content (AvgIpc) is 2.44. The van der Waals surface area contributed by atoms with E-state index in [1.807, 2.05) is 45.9 Å². The molecule has 0 saturated carbocycles. The van der Waals surface area contributed by atoms with Crippen molar-refractivity contribution in [3.63, 3.8) is 0 Å². The molecule has 0 aromatic heterocycles. The Morgan fingerprint density at radius 3 is 2.39 bits per heavy atom. The van der Waals surface area contributed by atoms with Gasteiger partial charge in [-0.2, -0.15) is 0 Å². The van der Waals surface area contributed by atoms with E-state index in [9.17, 15) is 4.79 Å². The van der Waals surface area contributed by atoms with E-state index in [2.05, 4.69) is 10.6 Å². The van der Waals surface area contributed by atoms with Gasteiger partial charge in [0.15, 0.2) is 11.5 Å². The summed E-state index contributed by atoms with van der Waals surface area (Å²) in [5, 5.41) is 6.09. The van der Waals surface area contributed by atoms with Gasteiger partial charge in [-0.05, 0) is 45.4 Å². The van der Waals surface area contributed by atoms with Crippen molar-refractivity contribution in [2.75, 3.05) is 20.8 Å². The number of rotatable bonds is 7. The van der Waals surface area contributed by atoms with Crippen molar-refractivity contribution < 1.29 is 19.0 Å². The monoisotopic (exact) mass is 324 g/mol. The van der Waals surface area contributed by atoms with Gasteiger partial charge in [0.05, 0.1) is 14.2 Å².